The van der Waals surface area contributed by atoms with E-state index in [0.717, 1.165) is 41.3 Å². The van der Waals surface area contributed by atoms with Crippen molar-refractivity contribution in [1.29, 1.82) is 0 Å². The molecule has 13 nitrogen and oxygen atoms in total. The zero-order chi connectivity index (χ0) is 38.2. The molecule has 52 heavy (non-hydrogen) atoms. The van der Waals surface area contributed by atoms with E-state index < -0.39 is 15.6 Å². The molecule has 0 spiro atoms. The van der Waals surface area contributed by atoms with Crippen LogP contribution >= 0.6 is 0 Å². The minimum atomic E-state index is -3.62. The van der Waals surface area contributed by atoms with E-state index >= 15 is 0 Å². The number of likely N-dealkylation sites (tertiary alicyclic amines) is 1. The van der Waals surface area contributed by atoms with Crippen molar-refractivity contribution in [2.24, 2.45) is 13.0 Å². The number of carbonyl (C=O) groups excluding carboxylic acids is 3. The summed E-state index contributed by atoms with van der Waals surface area (Å²) in [5.41, 5.74) is 2.94. The highest BCUT2D eigenvalue weighted by Gasteiger charge is 2.36. The molecule has 0 radical (unpaired) electrons. The second-order valence-electron chi connectivity index (χ2n) is 16.0. The Balaban J connectivity index is 1.30. The van der Waals surface area contributed by atoms with Crippen LogP contribution < -0.4 is 14.8 Å². The van der Waals surface area contributed by atoms with Gasteiger partial charge in [-0.25, -0.2) is 13.2 Å². The Kier molecular flexibility index (Phi) is 11.2. The number of nitrogens with zero attached hydrogens (tertiary/aromatic N) is 4. The van der Waals surface area contributed by atoms with Crippen molar-refractivity contribution in [2.75, 3.05) is 62.7 Å². The minimum Gasteiger partial charge on any atom is -0.492 e. The number of aryl methyl sites for hydroxylation is 1. The Bertz CT molecular complexity index is 1940. The third-order valence-electron chi connectivity index (χ3n) is 9.56. The lowest BCUT2D eigenvalue weighted by molar-refractivity contribution is -0.134. The molecule has 0 bridgehead atoms. The number of hydrogen-bond donors (Lipinski definition) is 2. The molecule has 2 aliphatic rings. The van der Waals surface area contributed by atoms with E-state index in [9.17, 15) is 22.8 Å². The highest BCUT2D eigenvalue weighted by atomic mass is 32.2. The molecule has 1 aromatic heterocycles. The number of aromatic nitrogens is 1. The van der Waals surface area contributed by atoms with E-state index in [1.165, 1.54) is 7.11 Å². The number of rotatable bonds is 8. The molecule has 14 heteroatoms. The van der Waals surface area contributed by atoms with E-state index in [1.54, 1.807) is 11.0 Å². The van der Waals surface area contributed by atoms with E-state index in [-0.39, 0.29) is 40.7 Å². The molecule has 2 fully saturated rings. The Morgan fingerprint density at radius 1 is 0.923 bits per heavy atom. The van der Waals surface area contributed by atoms with Gasteiger partial charge in [0.1, 0.15) is 11.3 Å². The van der Waals surface area contributed by atoms with Crippen LogP contribution in [0, 0.1) is 5.92 Å². The van der Waals surface area contributed by atoms with Crippen molar-refractivity contribution >= 4 is 50.2 Å². The molecule has 2 N–H and O–H groups in total. The average molecular weight is 739 g/mol. The lowest BCUT2D eigenvalue weighted by atomic mass is 9.86. The van der Waals surface area contributed by atoms with Gasteiger partial charge in [0.15, 0.2) is 5.75 Å². The second-order valence-corrected chi connectivity index (χ2v) is 17.7. The van der Waals surface area contributed by atoms with Gasteiger partial charge >= 0.3 is 6.09 Å². The number of ether oxygens (including phenoxy) is 2. The Labute approximate surface area is 307 Å². The van der Waals surface area contributed by atoms with E-state index in [1.807, 2.05) is 82.3 Å². The average Bonchev–Trinajstić information content (AvgIpc) is 3.58. The number of hydrogen-bond acceptors (Lipinski definition) is 8. The van der Waals surface area contributed by atoms with Crippen LogP contribution in [0.3, 0.4) is 0 Å². The number of amides is 3. The van der Waals surface area contributed by atoms with Crippen molar-refractivity contribution < 1.29 is 32.3 Å². The van der Waals surface area contributed by atoms with Gasteiger partial charge in [-0.2, -0.15) is 0 Å². The van der Waals surface area contributed by atoms with Gasteiger partial charge in [-0.1, -0.05) is 39.0 Å². The second kappa shape index (κ2) is 15.0. The van der Waals surface area contributed by atoms with Crippen LogP contribution in [-0.4, -0.2) is 104 Å². The molecule has 2 saturated heterocycles. The topological polar surface area (TPSA) is 143 Å². The predicted octanol–water partition coefficient (Wildman–Crippen LogP) is 5.40. The van der Waals surface area contributed by atoms with Crippen LogP contribution in [0.2, 0.25) is 0 Å². The third kappa shape index (κ3) is 9.19. The number of fused-ring (bicyclic) bond motifs is 1. The monoisotopic (exact) mass is 738 g/mol. The van der Waals surface area contributed by atoms with Crippen LogP contribution in [0.25, 0.3) is 10.9 Å². The molecule has 3 heterocycles. The summed E-state index contributed by atoms with van der Waals surface area (Å²) < 4.78 is 39.9. The molecular formula is C38H54N6O7S. The Hall–Kier alpha value is -4.30. The fraction of sp³-hybridized carbons (Fsp3) is 0.553. The fourth-order valence-corrected chi connectivity index (χ4v) is 7.54. The zero-order valence-electron chi connectivity index (χ0n) is 32.0. The van der Waals surface area contributed by atoms with Crippen LogP contribution in [-0.2, 0) is 38.6 Å². The smallest absolute Gasteiger partial charge is 0.410 e. The van der Waals surface area contributed by atoms with Gasteiger partial charge in [0.2, 0.25) is 15.9 Å². The van der Waals surface area contributed by atoms with Crippen molar-refractivity contribution in [3.8, 4) is 5.75 Å². The number of para-hydroxylation sites is 1. The van der Waals surface area contributed by atoms with Crippen LogP contribution in [0.1, 0.15) is 76.0 Å². The lowest BCUT2D eigenvalue weighted by Crippen LogP contribution is -2.41. The Morgan fingerprint density at radius 2 is 1.63 bits per heavy atom. The van der Waals surface area contributed by atoms with E-state index in [4.69, 9.17) is 9.47 Å². The van der Waals surface area contributed by atoms with Crippen molar-refractivity contribution in [3.05, 3.63) is 53.2 Å². The largest absolute Gasteiger partial charge is 0.492 e. The molecule has 3 aromatic rings. The van der Waals surface area contributed by atoms with E-state index in [0.29, 0.717) is 57.1 Å². The zero-order valence-corrected chi connectivity index (χ0v) is 32.8. The number of anilines is 2. The fourth-order valence-electron chi connectivity index (χ4n) is 6.99. The number of methoxy groups -OCH3 is 1. The summed E-state index contributed by atoms with van der Waals surface area (Å²) in [6, 6.07) is 11.4. The highest BCUT2D eigenvalue weighted by Crippen LogP contribution is 2.39. The first-order chi connectivity index (χ1) is 24.2. The van der Waals surface area contributed by atoms with Crippen LogP contribution in [0.5, 0.6) is 5.75 Å². The van der Waals surface area contributed by atoms with Crippen LogP contribution in [0.4, 0.5) is 16.2 Å². The first-order valence-corrected chi connectivity index (χ1v) is 19.7. The molecule has 0 aliphatic carbocycles. The number of benzene rings is 2. The highest BCUT2D eigenvalue weighted by molar-refractivity contribution is 7.92. The molecule has 3 amide bonds. The van der Waals surface area contributed by atoms with Crippen molar-refractivity contribution in [2.45, 2.75) is 71.9 Å². The summed E-state index contributed by atoms with van der Waals surface area (Å²) >= 11 is 0. The molecule has 0 saturated carbocycles. The summed E-state index contributed by atoms with van der Waals surface area (Å²) in [5.74, 6) is -0.273. The lowest BCUT2D eigenvalue weighted by Gasteiger charge is -2.26. The maximum absolute atomic E-state index is 13.9. The molecule has 284 valence electrons. The number of nitrogens with one attached hydrogen (secondary N) is 2. The SMILES string of the molecule is COc1c(NC(=O)c2cc3cccc(CN4CCCN(C(=O)[C@@H]5CCN(C(=O)OC(C)(C)C)C5)CC4)c3n2C)cc(C(C)(C)C)cc1NS(C)(=O)=O. The van der Waals surface area contributed by atoms with Crippen molar-refractivity contribution in [1.82, 2.24) is 19.3 Å². The number of carbonyl (C=O) groups is 3. The summed E-state index contributed by atoms with van der Waals surface area (Å²) in [6.45, 7) is 15.9. The van der Waals surface area contributed by atoms with Gasteiger partial charge in [-0.05, 0) is 68.4 Å². The van der Waals surface area contributed by atoms with Crippen LogP contribution in [0.15, 0.2) is 36.4 Å². The summed E-state index contributed by atoms with van der Waals surface area (Å²) in [5, 5.41) is 3.91. The summed E-state index contributed by atoms with van der Waals surface area (Å²) in [6.07, 6.45) is 2.17. The molecule has 2 aliphatic heterocycles. The van der Waals surface area contributed by atoms with Gasteiger partial charge in [-0.3, -0.25) is 19.2 Å². The van der Waals surface area contributed by atoms with Gasteiger partial charge in [0.05, 0.1) is 36.2 Å². The molecule has 0 unspecified atom stereocenters. The van der Waals surface area contributed by atoms with Gasteiger partial charge in [0, 0.05) is 58.2 Å². The molecule has 2 aromatic carbocycles. The normalized spacial score (nSPS) is 17.6. The molecule has 5 rings (SSSR count). The summed E-state index contributed by atoms with van der Waals surface area (Å²) in [7, 11) is -0.320. The third-order valence-corrected chi connectivity index (χ3v) is 10.1. The standard InChI is InChI=1S/C38H54N6O7S/c1-37(2,3)28-21-29(33(50-8)30(22-28)40-52(9,48)49)39-34(45)31-20-25-12-10-13-26(32(25)41(31)7)23-42-15-11-16-43(19-18-42)35(46)27-14-17-44(24-27)36(47)51-38(4,5)6/h10,12-13,20-22,27,40H,11,14-19,23-24H2,1-9H3,(H,39,45)/t27-/m1/s1. The quantitative estimate of drug-likeness (QED) is 0.313. The first-order valence-electron chi connectivity index (χ1n) is 17.8. The number of sulfonamides is 1. The first kappa shape index (κ1) is 38.9. The van der Waals surface area contributed by atoms with Crippen molar-refractivity contribution in [3.63, 3.8) is 0 Å². The van der Waals surface area contributed by atoms with Gasteiger partial charge < -0.3 is 29.2 Å². The Morgan fingerprint density at radius 3 is 2.29 bits per heavy atom. The molecular weight excluding hydrogens is 685 g/mol. The van der Waals surface area contributed by atoms with E-state index in [2.05, 4.69) is 21.0 Å². The predicted molar refractivity (Wildman–Crippen MR) is 203 cm³/mol. The summed E-state index contributed by atoms with van der Waals surface area (Å²) in [4.78, 5) is 45.9. The van der Waals surface area contributed by atoms with Gasteiger partial charge in [-0.15, -0.1) is 0 Å². The maximum Gasteiger partial charge on any atom is 0.410 e. The minimum absolute atomic E-state index is 0.0944. The molecule has 1 atom stereocenters. The maximum atomic E-state index is 13.9. The van der Waals surface area contributed by atoms with Gasteiger partial charge in [0.25, 0.3) is 5.91 Å².